The van der Waals surface area contributed by atoms with E-state index >= 15 is 0 Å². The Kier molecular flexibility index (Phi) is 4.06. The lowest BCUT2D eigenvalue weighted by atomic mass is 10.2. The molecule has 0 saturated heterocycles. The normalized spacial score (nSPS) is 12.9. The van der Waals surface area contributed by atoms with Gasteiger partial charge in [0, 0.05) is 4.88 Å². The lowest BCUT2D eigenvalue weighted by Crippen LogP contribution is -2.35. The van der Waals surface area contributed by atoms with E-state index in [1.165, 1.54) is 11.3 Å². The number of ether oxygens (including phenoxy) is 1. The largest absolute Gasteiger partial charge is 0.444 e. The molecule has 1 atom stereocenters. The molecule has 0 bridgehead atoms. The Balaban J connectivity index is 2.58. The van der Waals surface area contributed by atoms with Crippen LogP contribution in [0.2, 0.25) is 0 Å². The highest BCUT2D eigenvalue weighted by Gasteiger charge is 2.20. The van der Waals surface area contributed by atoms with Crippen molar-refractivity contribution in [2.45, 2.75) is 32.4 Å². The second kappa shape index (κ2) is 5.12. The monoisotopic (exact) mass is 240 g/mol. The fourth-order valence-electron chi connectivity index (χ4n) is 1.04. The van der Waals surface area contributed by atoms with Gasteiger partial charge in [-0.3, -0.25) is 4.79 Å². The van der Waals surface area contributed by atoms with Crippen LogP contribution in [-0.2, 0) is 9.53 Å². The van der Waals surface area contributed by atoms with E-state index < -0.39 is 17.7 Å². The number of amides is 1. The van der Waals surface area contributed by atoms with E-state index in [0.29, 0.717) is 0 Å². The summed E-state index contributed by atoms with van der Waals surface area (Å²) < 4.78 is 5.04. The zero-order valence-corrected chi connectivity index (χ0v) is 10.3. The zero-order valence-electron chi connectivity index (χ0n) is 9.44. The zero-order chi connectivity index (χ0) is 12.2. The van der Waals surface area contributed by atoms with Crippen molar-refractivity contribution in [2.24, 2.45) is 0 Å². The molecule has 0 aliphatic carbocycles. The van der Waals surface area contributed by atoms with Gasteiger partial charge >= 0.3 is 6.09 Å². The fourth-order valence-corrected chi connectivity index (χ4v) is 1.75. The summed E-state index contributed by atoms with van der Waals surface area (Å²) in [6.07, 6.45) is 1.15. The average Bonchev–Trinajstić information content (AvgIpc) is 2.63. The maximum Gasteiger partial charge on any atom is 0.408 e. The van der Waals surface area contributed by atoms with Crippen LogP contribution in [0.4, 0.5) is 4.79 Å². The Hall–Kier alpha value is -1.36. The van der Waals surface area contributed by atoms with Crippen LogP contribution in [0.5, 0.6) is 0 Å². The van der Waals surface area contributed by atoms with Crippen molar-refractivity contribution in [3.8, 4) is 0 Å². The molecule has 4 nitrogen and oxygen atoms in total. The predicted molar refractivity (Wildman–Crippen MR) is 62.1 cm³/mol. The highest BCUT2D eigenvalue weighted by molar-refractivity contribution is 7.10. The first-order valence-electron chi connectivity index (χ1n) is 4.83. The van der Waals surface area contributed by atoms with Gasteiger partial charge in [0.25, 0.3) is 0 Å². The summed E-state index contributed by atoms with van der Waals surface area (Å²) in [6, 6.07) is 2.81. The molecule has 1 radical (unpaired) electrons. The van der Waals surface area contributed by atoms with Crippen molar-refractivity contribution in [3.05, 3.63) is 22.4 Å². The van der Waals surface area contributed by atoms with Gasteiger partial charge in [-0.25, -0.2) is 4.79 Å². The molecule has 87 valence electrons. The Labute approximate surface area is 98.6 Å². The first-order chi connectivity index (χ1) is 7.42. The molecule has 1 rings (SSSR count). The van der Waals surface area contributed by atoms with Gasteiger partial charge in [0.2, 0.25) is 6.29 Å². The first-order valence-corrected chi connectivity index (χ1v) is 5.71. The average molecular weight is 240 g/mol. The van der Waals surface area contributed by atoms with Gasteiger partial charge in [-0.15, -0.1) is 11.3 Å². The minimum Gasteiger partial charge on any atom is -0.444 e. The summed E-state index contributed by atoms with van der Waals surface area (Å²) in [7, 11) is 0. The molecule has 16 heavy (non-hydrogen) atoms. The molecule has 5 heteroatoms. The summed E-state index contributed by atoms with van der Waals surface area (Å²) in [6.45, 7) is 5.28. The van der Waals surface area contributed by atoms with Crippen LogP contribution in [0.3, 0.4) is 0 Å². The van der Waals surface area contributed by atoms with E-state index in [-0.39, 0.29) is 0 Å². The number of nitrogens with one attached hydrogen (secondary N) is 1. The van der Waals surface area contributed by atoms with Gasteiger partial charge in [0.15, 0.2) is 0 Å². The second-order valence-electron chi connectivity index (χ2n) is 4.21. The minimum absolute atomic E-state index is 0.576. The minimum atomic E-state index is -0.755. The Bertz CT molecular complexity index is 354. The van der Waals surface area contributed by atoms with Gasteiger partial charge < -0.3 is 10.1 Å². The maximum atomic E-state index is 11.4. The predicted octanol–water partition coefficient (Wildman–Crippen LogP) is 2.42. The fraction of sp³-hybridized carbons (Fsp3) is 0.455. The van der Waals surface area contributed by atoms with Crippen LogP contribution in [0.15, 0.2) is 17.5 Å². The molecule has 1 N–H and O–H groups in total. The Morgan fingerprint density at radius 2 is 2.25 bits per heavy atom. The highest BCUT2D eigenvalue weighted by atomic mass is 32.1. The van der Waals surface area contributed by atoms with Crippen molar-refractivity contribution >= 4 is 23.7 Å². The van der Waals surface area contributed by atoms with E-state index in [4.69, 9.17) is 4.74 Å². The lowest BCUT2D eigenvalue weighted by Gasteiger charge is -2.20. The van der Waals surface area contributed by atoms with Crippen LogP contribution < -0.4 is 5.32 Å². The lowest BCUT2D eigenvalue weighted by molar-refractivity contribution is 0.0517. The van der Waals surface area contributed by atoms with E-state index in [9.17, 15) is 9.59 Å². The molecule has 1 aromatic heterocycles. The number of thiophene rings is 1. The molecule has 0 aliphatic heterocycles. The van der Waals surface area contributed by atoms with Crippen molar-refractivity contribution in [1.29, 1.82) is 0 Å². The van der Waals surface area contributed by atoms with Crippen molar-refractivity contribution in [2.75, 3.05) is 0 Å². The van der Waals surface area contributed by atoms with Crippen LogP contribution in [-0.4, -0.2) is 18.0 Å². The summed E-state index contributed by atoms with van der Waals surface area (Å²) in [4.78, 5) is 22.9. The van der Waals surface area contributed by atoms with Crippen LogP contribution in [0, 0.1) is 0 Å². The number of hydrogen-bond donors (Lipinski definition) is 1. The molecular weight excluding hydrogens is 226 g/mol. The van der Waals surface area contributed by atoms with Crippen LogP contribution in [0.25, 0.3) is 0 Å². The maximum absolute atomic E-state index is 11.4. The number of hydrogen-bond acceptors (Lipinski definition) is 4. The molecule has 1 aromatic rings. The number of alkyl carbamates (subject to hydrolysis) is 1. The highest BCUT2D eigenvalue weighted by Crippen LogP contribution is 2.17. The molecule has 0 fully saturated rings. The quantitative estimate of drug-likeness (QED) is 0.882. The molecule has 0 saturated carbocycles. The summed E-state index contributed by atoms with van der Waals surface area (Å²) in [5.41, 5.74) is -0.576. The molecule has 0 aliphatic rings. The molecular formula is C11H14NO3S. The summed E-state index contributed by atoms with van der Waals surface area (Å²) in [5, 5.41) is 4.28. The van der Waals surface area contributed by atoms with Crippen LogP contribution >= 0.6 is 11.3 Å². The second-order valence-corrected chi connectivity index (χ2v) is 5.19. The van der Waals surface area contributed by atoms with E-state index in [2.05, 4.69) is 5.32 Å². The number of carbonyl (C=O) groups is 1. The summed E-state index contributed by atoms with van der Waals surface area (Å²) >= 11 is 1.38. The molecule has 1 amide bonds. The standard InChI is InChI=1S/C11H14NO3S/c1-11(2,3)15-10(14)12-8(7-13)9-5-4-6-16-9/h4-6,8H,1-3H3,(H,12,14). The van der Waals surface area contributed by atoms with E-state index in [0.717, 1.165) is 4.88 Å². The van der Waals surface area contributed by atoms with Crippen molar-refractivity contribution in [3.63, 3.8) is 0 Å². The van der Waals surface area contributed by atoms with Gasteiger partial charge in [-0.1, -0.05) is 6.07 Å². The van der Waals surface area contributed by atoms with E-state index in [1.54, 1.807) is 39.2 Å². The van der Waals surface area contributed by atoms with Gasteiger partial charge in [-0.2, -0.15) is 0 Å². The molecule has 1 heterocycles. The topological polar surface area (TPSA) is 55.4 Å². The van der Waals surface area contributed by atoms with E-state index in [1.807, 2.05) is 5.38 Å². The van der Waals surface area contributed by atoms with Gasteiger partial charge in [0.05, 0.1) is 0 Å². The smallest absolute Gasteiger partial charge is 0.408 e. The van der Waals surface area contributed by atoms with Crippen molar-refractivity contribution < 1.29 is 14.3 Å². The SMILES string of the molecule is CC(C)(C)OC(=O)NC([C]=O)c1cccs1. The first kappa shape index (κ1) is 12.7. The third-order valence-corrected chi connectivity index (χ3v) is 2.54. The Morgan fingerprint density at radius 1 is 1.56 bits per heavy atom. The number of carbonyl (C=O) groups excluding carboxylic acids is 2. The van der Waals surface area contributed by atoms with Gasteiger partial charge in [0.1, 0.15) is 11.6 Å². The third kappa shape index (κ3) is 4.02. The van der Waals surface area contributed by atoms with Crippen molar-refractivity contribution in [1.82, 2.24) is 5.32 Å². The third-order valence-electron chi connectivity index (χ3n) is 1.61. The van der Waals surface area contributed by atoms with Crippen LogP contribution in [0.1, 0.15) is 31.7 Å². The van der Waals surface area contributed by atoms with Gasteiger partial charge in [-0.05, 0) is 32.2 Å². The summed E-state index contributed by atoms with van der Waals surface area (Å²) in [5.74, 6) is 0. The Morgan fingerprint density at radius 3 is 2.69 bits per heavy atom. The molecule has 1 unspecified atom stereocenters. The number of rotatable bonds is 3. The molecule has 0 spiro atoms. The molecule has 0 aromatic carbocycles.